The molecule has 22 heavy (non-hydrogen) atoms. The van der Waals surface area contributed by atoms with Gasteiger partial charge >= 0.3 is 0 Å². The first-order valence-corrected chi connectivity index (χ1v) is 7.50. The Labute approximate surface area is 130 Å². The van der Waals surface area contributed by atoms with Crippen LogP contribution in [0.1, 0.15) is 32.5 Å². The van der Waals surface area contributed by atoms with E-state index in [1.54, 1.807) is 0 Å². The zero-order chi connectivity index (χ0) is 16.1. The Morgan fingerprint density at radius 1 is 1.27 bits per heavy atom. The maximum atomic E-state index is 12.2. The van der Waals surface area contributed by atoms with Gasteiger partial charge in [-0.3, -0.25) is 9.89 Å². The average Bonchev–Trinajstić information content (AvgIpc) is 2.98. The van der Waals surface area contributed by atoms with Crippen molar-refractivity contribution in [3.63, 3.8) is 0 Å². The Hall–Kier alpha value is -2.21. The first-order valence-electron chi connectivity index (χ1n) is 7.50. The van der Waals surface area contributed by atoms with Crippen molar-refractivity contribution in [2.24, 2.45) is 5.92 Å². The molecule has 6 nitrogen and oxygen atoms in total. The third kappa shape index (κ3) is 3.71. The summed E-state index contributed by atoms with van der Waals surface area (Å²) in [6.45, 7) is 6.62. The Morgan fingerprint density at radius 3 is 2.64 bits per heavy atom. The van der Waals surface area contributed by atoms with Crippen LogP contribution < -0.4 is 10.6 Å². The normalized spacial score (nSPS) is 12.4. The van der Waals surface area contributed by atoms with Crippen LogP contribution in [0.3, 0.4) is 0 Å². The second kappa shape index (κ2) is 7.17. The maximum Gasteiger partial charge on any atom is 0.228 e. The quantitative estimate of drug-likeness (QED) is 0.765. The number of benzene rings is 1. The first kappa shape index (κ1) is 16.2. The van der Waals surface area contributed by atoms with Gasteiger partial charge in [0.1, 0.15) is 5.82 Å². The summed E-state index contributed by atoms with van der Waals surface area (Å²) in [7, 11) is 1.83. The topological polar surface area (TPSA) is 82.7 Å². The molecule has 0 saturated heterocycles. The van der Waals surface area contributed by atoms with Gasteiger partial charge < -0.3 is 10.6 Å². The highest BCUT2D eigenvalue weighted by Gasteiger charge is 2.16. The summed E-state index contributed by atoms with van der Waals surface area (Å²) < 4.78 is 0. The van der Waals surface area contributed by atoms with Crippen LogP contribution in [0.5, 0.6) is 0 Å². The van der Waals surface area contributed by atoms with Gasteiger partial charge in [0.05, 0.1) is 5.69 Å². The lowest BCUT2D eigenvalue weighted by atomic mass is 10.1. The summed E-state index contributed by atoms with van der Waals surface area (Å²) in [5, 5.41) is 13.2. The predicted molar refractivity (Wildman–Crippen MR) is 87.6 cm³/mol. The SMILES string of the molecule is CNCC(C)C(=O)Nc1ccccc1-c1n[nH]c(C(C)C)n1. The summed E-state index contributed by atoms with van der Waals surface area (Å²) in [6.07, 6.45) is 0. The largest absolute Gasteiger partial charge is 0.325 e. The number of carbonyl (C=O) groups excluding carboxylic acids is 1. The van der Waals surface area contributed by atoms with Crippen LogP contribution in [-0.4, -0.2) is 34.7 Å². The minimum Gasteiger partial charge on any atom is -0.325 e. The van der Waals surface area contributed by atoms with E-state index in [4.69, 9.17) is 0 Å². The van der Waals surface area contributed by atoms with Gasteiger partial charge in [-0.2, -0.15) is 5.10 Å². The fourth-order valence-corrected chi connectivity index (χ4v) is 2.09. The average molecular weight is 301 g/mol. The molecule has 2 rings (SSSR count). The predicted octanol–water partition coefficient (Wildman–Crippen LogP) is 2.39. The summed E-state index contributed by atoms with van der Waals surface area (Å²) in [5.41, 5.74) is 1.54. The van der Waals surface area contributed by atoms with Crippen LogP contribution in [0.2, 0.25) is 0 Å². The van der Waals surface area contributed by atoms with Gasteiger partial charge in [0.25, 0.3) is 0 Å². The number of carbonyl (C=O) groups is 1. The number of hydrogen-bond acceptors (Lipinski definition) is 4. The molecule has 6 heteroatoms. The van der Waals surface area contributed by atoms with Crippen molar-refractivity contribution >= 4 is 11.6 Å². The number of hydrogen-bond donors (Lipinski definition) is 3. The minimum atomic E-state index is -0.114. The number of aromatic nitrogens is 3. The summed E-state index contributed by atoms with van der Waals surface area (Å²) in [4.78, 5) is 16.7. The molecular weight excluding hydrogens is 278 g/mol. The second-order valence-corrected chi connectivity index (χ2v) is 5.69. The van der Waals surface area contributed by atoms with Crippen molar-refractivity contribution in [1.29, 1.82) is 0 Å². The van der Waals surface area contributed by atoms with E-state index < -0.39 is 0 Å². The van der Waals surface area contributed by atoms with Crippen LogP contribution in [0.25, 0.3) is 11.4 Å². The van der Waals surface area contributed by atoms with E-state index in [0.717, 1.165) is 17.1 Å². The van der Waals surface area contributed by atoms with E-state index in [-0.39, 0.29) is 17.7 Å². The zero-order valence-corrected chi connectivity index (χ0v) is 13.5. The van der Waals surface area contributed by atoms with E-state index in [1.165, 1.54) is 0 Å². The molecule has 1 heterocycles. The van der Waals surface area contributed by atoms with Crippen LogP contribution in [0, 0.1) is 5.92 Å². The number of aromatic amines is 1. The van der Waals surface area contributed by atoms with E-state index in [0.29, 0.717) is 12.4 Å². The lowest BCUT2D eigenvalue weighted by Crippen LogP contribution is -2.28. The molecule has 1 amide bonds. The van der Waals surface area contributed by atoms with Crippen LogP contribution >= 0.6 is 0 Å². The van der Waals surface area contributed by atoms with Gasteiger partial charge in [-0.1, -0.05) is 32.9 Å². The molecule has 1 aromatic carbocycles. The lowest BCUT2D eigenvalue weighted by Gasteiger charge is -2.13. The molecule has 0 saturated carbocycles. The molecule has 0 radical (unpaired) electrons. The molecule has 2 aromatic rings. The highest BCUT2D eigenvalue weighted by molar-refractivity contribution is 5.96. The summed E-state index contributed by atoms with van der Waals surface area (Å²) in [5.74, 6) is 1.57. The monoisotopic (exact) mass is 301 g/mol. The Bertz CT molecular complexity index is 635. The molecule has 1 unspecified atom stereocenters. The van der Waals surface area contributed by atoms with Crippen molar-refractivity contribution in [2.45, 2.75) is 26.7 Å². The number of amides is 1. The van der Waals surface area contributed by atoms with E-state index >= 15 is 0 Å². The molecule has 0 aliphatic carbocycles. The number of para-hydroxylation sites is 1. The van der Waals surface area contributed by atoms with Crippen molar-refractivity contribution in [2.75, 3.05) is 18.9 Å². The zero-order valence-electron chi connectivity index (χ0n) is 13.5. The first-order chi connectivity index (χ1) is 10.5. The number of anilines is 1. The molecule has 0 aliphatic heterocycles. The van der Waals surface area contributed by atoms with Gasteiger partial charge in [0.15, 0.2) is 5.82 Å². The minimum absolute atomic E-state index is 0.0265. The van der Waals surface area contributed by atoms with Crippen molar-refractivity contribution in [3.05, 3.63) is 30.1 Å². The Morgan fingerprint density at radius 2 is 2.00 bits per heavy atom. The summed E-state index contributed by atoms with van der Waals surface area (Å²) in [6, 6.07) is 7.57. The van der Waals surface area contributed by atoms with E-state index in [9.17, 15) is 4.79 Å². The fraction of sp³-hybridized carbons (Fsp3) is 0.438. The molecule has 1 atom stereocenters. The van der Waals surface area contributed by atoms with Crippen LogP contribution in [-0.2, 0) is 4.79 Å². The molecule has 1 aromatic heterocycles. The highest BCUT2D eigenvalue weighted by atomic mass is 16.1. The standard InChI is InChI=1S/C16H23N5O/c1-10(2)14-19-15(21-20-14)12-7-5-6-8-13(12)18-16(22)11(3)9-17-4/h5-8,10-11,17H,9H2,1-4H3,(H,18,22)(H,19,20,21). The number of rotatable bonds is 6. The van der Waals surface area contributed by atoms with Crippen LogP contribution in [0.4, 0.5) is 5.69 Å². The van der Waals surface area contributed by atoms with Crippen molar-refractivity contribution in [3.8, 4) is 11.4 Å². The van der Waals surface area contributed by atoms with E-state index in [2.05, 4.69) is 39.7 Å². The fourth-order valence-electron chi connectivity index (χ4n) is 2.09. The number of nitrogens with one attached hydrogen (secondary N) is 3. The molecule has 3 N–H and O–H groups in total. The third-order valence-electron chi connectivity index (χ3n) is 3.43. The number of nitrogens with zero attached hydrogens (tertiary/aromatic N) is 2. The van der Waals surface area contributed by atoms with Crippen molar-refractivity contribution < 1.29 is 4.79 Å². The Kier molecular flexibility index (Phi) is 5.27. The second-order valence-electron chi connectivity index (χ2n) is 5.69. The molecular formula is C16H23N5O. The molecule has 118 valence electrons. The smallest absolute Gasteiger partial charge is 0.228 e. The van der Waals surface area contributed by atoms with Gasteiger partial charge in [-0.05, 0) is 19.2 Å². The number of H-pyrrole nitrogens is 1. The van der Waals surface area contributed by atoms with Crippen molar-refractivity contribution in [1.82, 2.24) is 20.5 Å². The van der Waals surface area contributed by atoms with Gasteiger partial charge in [0.2, 0.25) is 5.91 Å². The van der Waals surface area contributed by atoms with E-state index in [1.807, 2.05) is 38.2 Å². The maximum absolute atomic E-state index is 12.2. The highest BCUT2D eigenvalue weighted by Crippen LogP contribution is 2.26. The molecule has 0 fully saturated rings. The molecule has 0 bridgehead atoms. The van der Waals surface area contributed by atoms with Gasteiger partial charge in [-0.25, -0.2) is 4.98 Å². The molecule has 0 aliphatic rings. The van der Waals surface area contributed by atoms with Gasteiger partial charge in [0, 0.05) is 23.9 Å². The van der Waals surface area contributed by atoms with Gasteiger partial charge in [-0.15, -0.1) is 0 Å². The molecule has 0 spiro atoms. The third-order valence-corrected chi connectivity index (χ3v) is 3.43. The van der Waals surface area contributed by atoms with Crippen LogP contribution in [0.15, 0.2) is 24.3 Å². The lowest BCUT2D eigenvalue weighted by molar-refractivity contribution is -0.119. The summed E-state index contributed by atoms with van der Waals surface area (Å²) >= 11 is 0. The Balaban J connectivity index is 2.24.